The van der Waals surface area contributed by atoms with Gasteiger partial charge in [0.2, 0.25) is 0 Å². The molecule has 0 aliphatic carbocycles. The van der Waals surface area contributed by atoms with Crippen molar-refractivity contribution in [3.8, 4) is 0 Å². The average molecular weight is 326 g/mol. The second kappa shape index (κ2) is 7.14. The summed E-state index contributed by atoms with van der Waals surface area (Å²) in [5, 5.41) is 0. The Hall–Kier alpha value is -2.20. The molecule has 1 fully saturated rings. The minimum Gasteiger partial charge on any atom is -0.336 e. The Morgan fingerprint density at radius 2 is 1.79 bits per heavy atom. The minimum absolute atomic E-state index is 0.0825. The molecule has 4 heteroatoms. The Bertz CT molecular complexity index is 736. The van der Waals surface area contributed by atoms with Crippen LogP contribution in [0.15, 0.2) is 42.5 Å². The number of aryl methyl sites for hydroxylation is 2. The molecule has 0 atom stereocenters. The zero-order chi connectivity index (χ0) is 17.1. The highest BCUT2D eigenvalue weighted by Gasteiger charge is 2.22. The van der Waals surface area contributed by atoms with Crippen LogP contribution in [-0.2, 0) is 6.54 Å². The molecule has 0 saturated carbocycles. The molecule has 0 bridgehead atoms. The zero-order valence-electron chi connectivity index (χ0n) is 14.3. The van der Waals surface area contributed by atoms with Crippen LogP contribution in [0.5, 0.6) is 0 Å². The van der Waals surface area contributed by atoms with Gasteiger partial charge in [-0.05, 0) is 43.2 Å². The van der Waals surface area contributed by atoms with Crippen molar-refractivity contribution in [2.24, 2.45) is 0 Å². The highest BCUT2D eigenvalue weighted by molar-refractivity contribution is 5.94. The number of halogens is 1. The van der Waals surface area contributed by atoms with Gasteiger partial charge in [0.25, 0.3) is 5.91 Å². The molecular formula is C20H23FN2O. The molecule has 0 N–H and O–H groups in total. The van der Waals surface area contributed by atoms with Crippen molar-refractivity contribution < 1.29 is 9.18 Å². The van der Waals surface area contributed by atoms with E-state index in [1.807, 2.05) is 4.90 Å². The van der Waals surface area contributed by atoms with Crippen LogP contribution in [0.4, 0.5) is 4.39 Å². The molecular weight excluding hydrogens is 303 g/mol. The second-order valence-electron chi connectivity index (χ2n) is 6.51. The van der Waals surface area contributed by atoms with Crippen molar-refractivity contribution in [2.75, 3.05) is 26.2 Å². The van der Waals surface area contributed by atoms with Crippen molar-refractivity contribution in [1.82, 2.24) is 9.80 Å². The average Bonchev–Trinajstić information content (AvgIpc) is 2.58. The number of nitrogens with zero attached hydrogens (tertiary/aromatic N) is 2. The number of benzene rings is 2. The number of piperazine rings is 1. The summed E-state index contributed by atoms with van der Waals surface area (Å²) in [6, 6.07) is 12.5. The fourth-order valence-corrected chi connectivity index (χ4v) is 3.12. The first kappa shape index (κ1) is 16.7. The highest BCUT2D eigenvalue weighted by atomic mass is 19.1. The number of carbonyl (C=O) groups is 1. The summed E-state index contributed by atoms with van der Waals surface area (Å²) >= 11 is 0. The van der Waals surface area contributed by atoms with Crippen LogP contribution in [0.2, 0.25) is 0 Å². The first-order valence-corrected chi connectivity index (χ1v) is 8.36. The Morgan fingerprint density at radius 3 is 2.50 bits per heavy atom. The second-order valence-corrected chi connectivity index (χ2v) is 6.51. The topological polar surface area (TPSA) is 23.6 Å². The van der Waals surface area contributed by atoms with Crippen LogP contribution in [0, 0.1) is 19.7 Å². The van der Waals surface area contributed by atoms with Gasteiger partial charge < -0.3 is 4.90 Å². The maximum atomic E-state index is 13.3. The van der Waals surface area contributed by atoms with Crippen LogP contribution in [0.1, 0.15) is 27.0 Å². The fourth-order valence-electron chi connectivity index (χ4n) is 3.12. The van der Waals surface area contributed by atoms with E-state index in [0.717, 1.165) is 19.6 Å². The van der Waals surface area contributed by atoms with E-state index in [-0.39, 0.29) is 11.7 Å². The molecule has 3 nitrogen and oxygen atoms in total. The molecule has 2 aromatic carbocycles. The SMILES string of the molecule is Cc1ccc(C)c(CN2CCN(C(=O)c3cccc(F)c3)CC2)c1. The fraction of sp³-hybridized carbons (Fsp3) is 0.350. The van der Waals surface area contributed by atoms with Crippen molar-refractivity contribution in [3.63, 3.8) is 0 Å². The highest BCUT2D eigenvalue weighted by Crippen LogP contribution is 2.16. The Balaban J connectivity index is 1.59. The number of hydrogen-bond donors (Lipinski definition) is 0. The lowest BCUT2D eigenvalue weighted by Gasteiger charge is -2.35. The molecule has 0 unspecified atom stereocenters. The third-order valence-corrected chi connectivity index (χ3v) is 4.63. The van der Waals surface area contributed by atoms with E-state index in [0.29, 0.717) is 18.7 Å². The smallest absolute Gasteiger partial charge is 0.254 e. The van der Waals surface area contributed by atoms with Crippen molar-refractivity contribution in [1.29, 1.82) is 0 Å². The number of carbonyl (C=O) groups excluding carboxylic acids is 1. The molecule has 1 aliphatic heterocycles. The van der Waals surface area contributed by atoms with E-state index in [4.69, 9.17) is 0 Å². The Kier molecular flexibility index (Phi) is 4.95. The lowest BCUT2D eigenvalue weighted by molar-refractivity contribution is 0.0627. The van der Waals surface area contributed by atoms with Gasteiger partial charge in [0, 0.05) is 38.3 Å². The zero-order valence-corrected chi connectivity index (χ0v) is 14.3. The summed E-state index contributed by atoms with van der Waals surface area (Å²) in [7, 11) is 0. The van der Waals surface area contributed by atoms with Gasteiger partial charge in [-0.25, -0.2) is 4.39 Å². The van der Waals surface area contributed by atoms with Crippen LogP contribution in [0.25, 0.3) is 0 Å². The summed E-state index contributed by atoms with van der Waals surface area (Å²) in [6.45, 7) is 8.20. The molecule has 0 spiro atoms. The molecule has 24 heavy (non-hydrogen) atoms. The lowest BCUT2D eigenvalue weighted by Crippen LogP contribution is -2.48. The molecule has 0 radical (unpaired) electrons. The van der Waals surface area contributed by atoms with E-state index in [2.05, 4.69) is 36.9 Å². The maximum absolute atomic E-state index is 13.3. The van der Waals surface area contributed by atoms with Gasteiger partial charge in [-0.1, -0.05) is 29.8 Å². The standard InChI is InChI=1S/C20H23FN2O/c1-15-6-7-16(2)18(12-15)14-22-8-10-23(11-9-22)20(24)17-4-3-5-19(21)13-17/h3-7,12-13H,8-11,14H2,1-2H3. The van der Waals surface area contributed by atoms with Crippen molar-refractivity contribution in [2.45, 2.75) is 20.4 Å². The van der Waals surface area contributed by atoms with Gasteiger partial charge >= 0.3 is 0 Å². The van der Waals surface area contributed by atoms with Crippen LogP contribution >= 0.6 is 0 Å². The number of amides is 1. The summed E-state index contributed by atoms with van der Waals surface area (Å²) < 4.78 is 13.3. The molecule has 1 aliphatic rings. The minimum atomic E-state index is -0.366. The molecule has 2 aromatic rings. The monoisotopic (exact) mass is 326 g/mol. The summed E-state index contributed by atoms with van der Waals surface area (Å²) in [6.07, 6.45) is 0. The summed E-state index contributed by atoms with van der Waals surface area (Å²) in [5.74, 6) is -0.449. The number of rotatable bonds is 3. The molecule has 1 saturated heterocycles. The lowest BCUT2D eigenvalue weighted by atomic mass is 10.0. The van der Waals surface area contributed by atoms with E-state index < -0.39 is 0 Å². The Morgan fingerprint density at radius 1 is 1.04 bits per heavy atom. The number of hydrogen-bond acceptors (Lipinski definition) is 2. The quantitative estimate of drug-likeness (QED) is 0.863. The molecule has 1 amide bonds. The van der Waals surface area contributed by atoms with Gasteiger partial charge in [-0.15, -0.1) is 0 Å². The van der Waals surface area contributed by atoms with Gasteiger partial charge in [-0.3, -0.25) is 9.69 Å². The first-order valence-electron chi connectivity index (χ1n) is 8.36. The third-order valence-electron chi connectivity index (χ3n) is 4.63. The predicted octanol–water partition coefficient (Wildman–Crippen LogP) is 3.40. The van der Waals surface area contributed by atoms with E-state index >= 15 is 0 Å². The van der Waals surface area contributed by atoms with Gasteiger partial charge in [0.05, 0.1) is 0 Å². The van der Waals surface area contributed by atoms with Gasteiger partial charge in [-0.2, -0.15) is 0 Å². The maximum Gasteiger partial charge on any atom is 0.254 e. The molecule has 3 rings (SSSR count). The van der Waals surface area contributed by atoms with Crippen LogP contribution in [0.3, 0.4) is 0 Å². The van der Waals surface area contributed by atoms with Gasteiger partial charge in [0.1, 0.15) is 5.82 Å². The largest absolute Gasteiger partial charge is 0.336 e. The summed E-state index contributed by atoms with van der Waals surface area (Å²) in [4.78, 5) is 16.6. The van der Waals surface area contributed by atoms with Crippen LogP contribution in [-0.4, -0.2) is 41.9 Å². The Labute approximate surface area is 142 Å². The van der Waals surface area contributed by atoms with Crippen molar-refractivity contribution in [3.05, 3.63) is 70.5 Å². The predicted molar refractivity (Wildman–Crippen MR) is 93.5 cm³/mol. The summed E-state index contributed by atoms with van der Waals surface area (Å²) in [5.41, 5.74) is 4.35. The van der Waals surface area contributed by atoms with Gasteiger partial charge in [0.15, 0.2) is 0 Å². The molecule has 1 heterocycles. The molecule has 0 aromatic heterocycles. The normalized spacial score (nSPS) is 15.5. The first-order chi connectivity index (χ1) is 11.5. The van der Waals surface area contributed by atoms with E-state index in [9.17, 15) is 9.18 Å². The van der Waals surface area contributed by atoms with Crippen LogP contribution < -0.4 is 0 Å². The third kappa shape index (κ3) is 3.82. The van der Waals surface area contributed by atoms with E-state index in [1.165, 1.54) is 28.8 Å². The van der Waals surface area contributed by atoms with E-state index in [1.54, 1.807) is 12.1 Å². The molecule has 126 valence electrons. The van der Waals surface area contributed by atoms with Crippen molar-refractivity contribution >= 4 is 5.91 Å².